The first-order chi connectivity index (χ1) is 34.0. The van der Waals surface area contributed by atoms with Crippen LogP contribution in [0.2, 0.25) is 0 Å². The summed E-state index contributed by atoms with van der Waals surface area (Å²) in [4.78, 5) is 37.8. The Kier molecular flexibility index (Phi) is 54.8. The number of hydrogen-bond acceptors (Lipinski definition) is 6. The predicted molar refractivity (Wildman–Crippen MR) is 298 cm³/mol. The molecule has 0 aliphatic rings. The number of allylic oxidation sites excluding steroid dienone is 12. The molecule has 0 bridgehead atoms. The first kappa shape index (κ1) is 65.8. The van der Waals surface area contributed by atoms with Crippen LogP contribution in [0.5, 0.6) is 0 Å². The van der Waals surface area contributed by atoms with E-state index >= 15 is 0 Å². The molecule has 0 saturated carbocycles. The first-order valence-electron chi connectivity index (χ1n) is 29.4. The fourth-order valence-corrected chi connectivity index (χ4v) is 8.35. The summed E-state index contributed by atoms with van der Waals surface area (Å²) in [6, 6.07) is 0. The van der Waals surface area contributed by atoms with Crippen LogP contribution in [0.25, 0.3) is 0 Å². The molecule has 0 aromatic carbocycles. The summed E-state index contributed by atoms with van der Waals surface area (Å²) >= 11 is 0. The summed E-state index contributed by atoms with van der Waals surface area (Å²) in [5.41, 5.74) is 0. The van der Waals surface area contributed by atoms with Crippen LogP contribution in [-0.4, -0.2) is 37.2 Å². The highest BCUT2D eigenvalue weighted by Crippen LogP contribution is 2.17. The molecular formula is C63H110O6. The van der Waals surface area contributed by atoms with E-state index in [0.717, 1.165) is 77.0 Å². The van der Waals surface area contributed by atoms with Gasteiger partial charge >= 0.3 is 17.9 Å². The number of esters is 3. The molecule has 398 valence electrons. The van der Waals surface area contributed by atoms with Crippen LogP contribution in [0.3, 0.4) is 0 Å². The van der Waals surface area contributed by atoms with Crippen molar-refractivity contribution in [1.82, 2.24) is 0 Å². The number of unbranched alkanes of at least 4 members (excludes halogenated alkanes) is 30. The molecule has 0 radical (unpaired) electrons. The summed E-state index contributed by atoms with van der Waals surface area (Å²) in [7, 11) is 0. The Bertz CT molecular complexity index is 1290. The highest BCUT2D eigenvalue weighted by molar-refractivity contribution is 5.71. The lowest BCUT2D eigenvalue weighted by molar-refractivity contribution is -0.166. The van der Waals surface area contributed by atoms with Gasteiger partial charge in [-0.1, -0.05) is 286 Å². The third-order valence-corrected chi connectivity index (χ3v) is 12.7. The van der Waals surface area contributed by atoms with Crippen molar-refractivity contribution in [2.45, 2.75) is 297 Å². The van der Waals surface area contributed by atoms with E-state index in [0.29, 0.717) is 19.3 Å². The van der Waals surface area contributed by atoms with Gasteiger partial charge in [0.1, 0.15) is 13.2 Å². The molecule has 1 atom stereocenters. The Morgan fingerprint density at radius 3 is 0.855 bits per heavy atom. The number of carbonyl (C=O) groups is 3. The zero-order valence-corrected chi connectivity index (χ0v) is 45.6. The van der Waals surface area contributed by atoms with Gasteiger partial charge in [-0.25, -0.2) is 0 Å². The molecule has 0 heterocycles. The Labute approximate surface area is 427 Å². The SMILES string of the molecule is CC/C=C\C/C=C\C/C=C\C/C=C\C/C=C\C/C=C\CCC(=O)OC(COC(=O)CCCCCCCC)COC(=O)CCCCCCCCCCCCCCCCCCCCCCCCCCCC. The van der Waals surface area contributed by atoms with E-state index in [-0.39, 0.29) is 31.6 Å². The van der Waals surface area contributed by atoms with Gasteiger partial charge in [0.2, 0.25) is 0 Å². The third kappa shape index (κ3) is 55.6. The minimum absolute atomic E-state index is 0.103. The highest BCUT2D eigenvalue weighted by Gasteiger charge is 2.19. The molecule has 0 aromatic rings. The van der Waals surface area contributed by atoms with Crippen molar-refractivity contribution in [3.63, 3.8) is 0 Å². The summed E-state index contributed by atoms with van der Waals surface area (Å²) in [6.07, 6.45) is 73.9. The van der Waals surface area contributed by atoms with E-state index in [1.165, 1.54) is 167 Å². The van der Waals surface area contributed by atoms with E-state index in [2.05, 4.69) is 87.6 Å². The molecule has 1 unspecified atom stereocenters. The van der Waals surface area contributed by atoms with Crippen LogP contribution in [-0.2, 0) is 28.6 Å². The van der Waals surface area contributed by atoms with E-state index in [9.17, 15) is 14.4 Å². The van der Waals surface area contributed by atoms with Crippen LogP contribution in [0.15, 0.2) is 72.9 Å². The average molecular weight is 964 g/mol. The Hall–Kier alpha value is -3.15. The number of carbonyl (C=O) groups excluding carboxylic acids is 3. The first-order valence-corrected chi connectivity index (χ1v) is 29.4. The molecule has 0 aliphatic heterocycles. The van der Waals surface area contributed by atoms with Gasteiger partial charge in [-0.2, -0.15) is 0 Å². The summed E-state index contributed by atoms with van der Waals surface area (Å²) in [5.74, 6) is -0.990. The van der Waals surface area contributed by atoms with Crippen molar-refractivity contribution in [1.29, 1.82) is 0 Å². The lowest BCUT2D eigenvalue weighted by Crippen LogP contribution is -2.30. The van der Waals surface area contributed by atoms with Crippen molar-refractivity contribution in [3.05, 3.63) is 72.9 Å². The molecule has 6 heteroatoms. The fourth-order valence-electron chi connectivity index (χ4n) is 8.35. The van der Waals surface area contributed by atoms with Gasteiger partial charge in [0.15, 0.2) is 6.10 Å². The van der Waals surface area contributed by atoms with Gasteiger partial charge in [-0.05, 0) is 57.8 Å². The van der Waals surface area contributed by atoms with Crippen LogP contribution in [0.4, 0.5) is 0 Å². The highest BCUT2D eigenvalue weighted by atomic mass is 16.6. The molecule has 0 spiro atoms. The molecule has 0 saturated heterocycles. The maximum Gasteiger partial charge on any atom is 0.306 e. The van der Waals surface area contributed by atoms with Crippen molar-refractivity contribution in [2.75, 3.05) is 13.2 Å². The van der Waals surface area contributed by atoms with Crippen LogP contribution < -0.4 is 0 Å². The molecule has 0 amide bonds. The molecular weight excluding hydrogens is 853 g/mol. The molecule has 0 aliphatic carbocycles. The summed E-state index contributed by atoms with van der Waals surface area (Å²) in [5, 5.41) is 0. The van der Waals surface area contributed by atoms with Crippen molar-refractivity contribution < 1.29 is 28.6 Å². The maximum atomic E-state index is 12.8. The van der Waals surface area contributed by atoms with Crippen molar-refractivity contribution in [2.24, 2.45) is 0 Å². The Morgan fingerprint density at radius 1 is 0.304 bits per heavy atom. The van der Waals surface area contributed by atoms with Gasteiger partial charge in [-0.15, -0.1) is 0 Å². The largest absolute Gasteiger partial charge is 0.462 e. The third-order valence-electron chi connectivity index (χ3n) is 12.7. The Balaban J connectivity index is 4.15. The van der Waals surface area contributed by atoms with Crippen LogP contribution in [0, 0.1) is 0 Å². The smallest absolute Gasteiger partial charge is 0.306 e. The van der Waals surface area contributed by atoms with E-state index in [4.69, 9.17) is 14.2 Å². The number of hydrogen-bond donors (Lipinski definition) is 0. The number of ether oxygens (including phenoxy) is 3. The standard InChI is InChI=1S/C63H110O6/c1-4-7-10-13-16-18-20-22-24-26-28-29-30-31-32-33-34-36-37-39-41-43-45-47-50-53-56-62(65)68-59-60(58-67-61(64)55-52-49-15-12-9-6-3)69-63(66)57-54-51-48-46-44-42-40-38-35-27-25-23-21-19-17-14-11-8-5-2/h8,11,17,19,23,25,35,38,42,44,48,51,60H,4-7,9-10,12-16,18,20-22,24,26-34,36-37,39-41,43,45-47,49-50,52-59H2,1-3H3/b11-8-,19-17-,25-23-,38-35-,44-42-,51-48-. The monoisotopic (exact) mass is 963 g/mol. The van der Waals surface area contributed by atoms with Gasteiger partial charge < -0.3 is 14.2 Å². The molecule has 6 nitrogen and oxygen atoms in total. The van der Waals surface area contributed by atoms with Gasteiger partial charge in [0.05, 0.1) is 0 Å². The zero-order chi connectivity index (χ0) is 50.0. The Morgan fingerprint density at radius 2 is 0.565 bits per heavy atom. The topological polar surface area (TPSA) is 78.9 Å². The predicted octanol–water partition coefficient (Wildman–Crippen LogP) is 19.8. The minimum Gasteiger partial charge on any atom is -0.462 e. The lowest BCUT2D eigenvalue weighted by atomic mass is 10.0. The second-order valence-corrected chi connectivity index (χ2v) is 19.5. The lowest BCUT2D eigenvalue weighted by Gasteiger charge is -2.18. The maximum absolute atomic E-state index is 12.8. The normalized spacial score (nSPS) is 12.6. The van der Waals surface area contributed by atoms with Crippen molar-refractivity contribution in [3.8, 4) is 0 Å². The van der Waals surface area contributed by atoms with Gasteiger partial charge in [0, 0.05) is 19.3 Å². The average Bonchev–Trinajstić information content (AvgIpc) is 3.35. The summed E-state index contributed by atoms with van der Waals surface area (Å²) in [6.45, 7) is 6.43. The van der Waals surface area contributed by atoms with Gasteiger partial charge in [-0.3, -0.25) is 14.4 Å². The fraction of sp³-hybridized carbons (Fsp3) is 0.762. The number of rotatable bonds is 53. The van der Waals surface area contributed by atoms with E-state index in [1.54, 1.807) is 0 Å². The summed E-state index contributed by atoms with van der Waals surface area (Å²) < 4.78 is 16.7. The molecule has 69 heavy (non-hydrogen) atoms. The quantitative estimate of drug-likeness (QED) is 0.0262. The minimum atomic E-state index is -0.811. The van der Waals surface area contributed by atoms with Crippen LogP contribution >= 0.6 is 0 Å². The second kappa shape index (κ2) is 57.4. The molecule has 0 fully saturated rings. The molecule has 0 rings (SSSR count). The zero-order valence-electron chi connectivity index (χ0n) is 45.6. The van der Waals surface area contributed by atoms with Crippen LogP contribution in [0.1, 0.15) is 290 Å². The van der Waals surface area contributed by atoms with Gasteiger partial charge in [0.25, 0.3) is 0 Å². The molecule has 0 N–H and O–H groups in total. The van der Waals surface area contributed by atoms with E-state index < -0.39 is 12.1 Å². The van der Waals surface area contributed by atoms with Crippen molar-refractivity contribution >= 4 is 17.9 Å². The second-order valence-electron chi connectivity index (χ2n) is 19.5. The molecule has 0 aromatic heterocycles. The van der Waals surface area contributed by atoms with E-state index in [1.807, 2.05) is 6.08 Å².